The van der Waals surface area contributed by atoms with Gasteiger partial charge in [-0.3, -0.25) is 4.90 Å². The lowest BCUT2D eigenvalue weighted by Gasteiger charge is -2.26. The Morgan fingerprint density at radius 1 is 1.15 bits per heavy atom. The van der Waals surface area contributed by atoms with Crippen molar-refractivity contribution in [3.63, 3.8) is 0 Å². The summed E-state index contributed by atoms with van der Waals surface area (Å²) in [6.07, 6.45) is 2.26. The van der Waals surface area contributed by atoms with Crippen molar-refractivity contribution in [2.45, 2.75) is 32.5 Å². The third kappa shape index (κ3) is 4.14. The molecule has 6 nitrogen and oxygen atoms in total. The Labute approximate surface area is 158 Å². The van der Waals surface area contributed by atoms with E-state index < -0.39 is 9.84 Å². The molecule has 1 aliphatic heterocycles. The van der Waals surface area contributed by atoms with E-state index in [1.165, 1.54) is 0 Å². The van der Waals surface area contributed by atoms with Gasteiger partial charge in [-0.25, -0.2) is 13.4 Å². The van der Waals surface area contributed by atoms with E-state index in [0.717, 1.165) is 22.8 Å². The molecule has 0 N–H and O–H groups in total. The third-order valence-electron chi connectivity index (χ3n) is 4.93. The quantitative estimate of drug-likeness (QED) is 0.646. The Balaban J connectivity index is 1.59. The van der Waals surface area contributed by atoms with Crippen molar-refractivity contribution in [1.29, 1.82) is 0 Å². The van der Waals surface area contributed by atoms with Gasteiger partial charge in [-0.05, 0) is 37.6 Å². The van der Waals surface area contributed by atoms with Gasteiger partial charge in [0.15, 0.2) is 9.84 Å². The fourth-order valence-corrected chi connectivity index (χ4v) is 5.21. The average Bonchev–Trinajstić information content (AvgIpc) is 3.37. The minimum absolute atomic E-state index is 0.0450. The SMILES string of the molecule is Cc1oc(-c2ccccc2)nc1CN(Cc1ccco1)[C@H]1CCS(=O)(=O)C1. The molecule has 3 heterocycles. The van der Waals surface area contributed by atoms with Crippen molar-refractivity contribution in [2.75, 3.05) is 11.5 Å². The smallest absolute Gasteiger partial charge is 0.226 e. The predicted octanol–water partition coefficient (Wildman–Crippen LogP) is 3.43. The summed E-state index contributed by atoms with van der Waals surface area (Å²) in [7, 11) is -2.98. The van der Waals surface area contributed by atoms with Crippen molar-refractivity contribution in [3.8, 4) is 11.5 Å². The Bertz CT molecular complexity index is 994. The molecule has 1 saturated heterocycles. The molecule has 1 atom stereocenters. The number of sulfone groups is 1. The van der Waals surface area contributed by atoms with Crippen molar-refractivity contribution in [2.24, 2.45) is 0 Å². The molecule has 0 amide bonds. The highest BCUT2D eigenvalue weighted by atomic mass is 32.2. The van der Waals surface area contributed by atoms with Crippen LogP contribution in [0.1, 0.15) is 23.6 Å². The molecular weight excluding hydrogens is 364 g/mol. The zero-order valence-corrected chi connectivity index (χ0v) is 16.0. The van der Waals surface area contributed by atoms with E-state index >= 15 is 0 Å². The molecule has 1 fully saturated rings. The summed E-state index contributed by atoms with van der Waals surface area (Å²) in [5.41, 5.74) is 1.75. The maximum atomic E-state index is 12.0. The number of benzene rings is 1. The van der Waals surface area contributed by atoms with E-state index in [4.69, 9.17) is 8.83 Å². The van der Waals surface area contributed by atoms with Crippen LogP contribution in [0.25, 0.3) is 11.5 Å². The Morgan fingerprint density at radius 3 is 2.63 bits per heavy atom. The monoisotopic (exact) mass is 386 g/mol. The number of hydrogen-bond donors (Lipinski definition) is 0. The number of rotatable bonds is 6. The summed E-state index contributed by atoms with van der Waals surface area (Å²) in [4.78, 5) is 6.80. The largest absolute Gasteiger partial charge is 0.468 e. The van der Waals surface area contributed by atoms with Gasteiger partial charge in [0.2, 0.25) is 5.89 Å². The van der Waals surface area contributed by atoms with Crippen LogP contribution in [0, 0.1) is 6.92 Å². The molecule has 3 aromatic rings. The third-order valence-corrected chi connectivity index (χ3v) is 6.68. The highest BCUT2D eigenvalue weighted by Crippen LogP contribution is 2.26. The first-order valence-corrected chi connectivity index (χ1v) is 10.8. The summed E-state index contributed by atoms with van der Waals surface area (Å²) in [5.74, 6) is 2.55. The first kappa shape index (κ1) is 18.0. The number of aromatic nitrogens is 1. The Kier molecular flexibility index (Phi) is 4.88. The van der Waals surface area contributed by atoms with Gasteiger partial charge in [0.1, 0.15) is 11.5 Å². The second kappa shape index (κ2) is 7.32. The maximum absolute atomic E-state index is 12.0. The van der Waals surface area contributed by atoms with Gasteiger partial charge in [-0.1, -0.05) is 18.2 Å². The van der Waals surface area contributed by atoms with Crippen LogP contribution in [-0.4, -0.2) is 35.8 Å². The second-order valence-electron chi connectivity index (χ2n) is 6.93. The molecule has 7 heteroatoms. The molecule has 0 bridgehead atoms. The average molecular weight is 386 g/mol. The molecule has 1 aliphatic rings. The maximum Gasteiger partial charge on any atom is 0.226 e. The van der Waals surface area contributed by atoms with Crippen molar-refractivity contribution >= 4 is 9.84 Å². The van der Waals surface area contributed by atoms with Crippen molar-refractivity contribution < 1.29 is 17.3 Å². The first-order valence-electron chi connectivity index (χ1n) is 8.99. The van der Waals surface area contributed by atoms with Gasteiger partial charge in [0.05, 0.1) is 30.0 Å². The summed E-state index contributed by atoms with van der Waals surface area (Å²) in [5, 5.41) is 0. The first-order chi connectivity index (χ1) is 13.0. The van der Waals surface area contributed by atoms with Crippen LogP contribution in [0.3, 0.4) is 0 Å². The summed E-state index contributed by atoms with van der Waals surface area (Å²) in [6.45, 7) is 2.95. The van der Waals surface area contributed by atoms with Crippen LogP contribution >= 0.6 is 0 Å². The van der Waals surface area contributed by atoms with Gasteiger partial charge in [-0.15, -0.1) is 0 Å². The predicted molar refractivity (Wildman–Crippen MR) is 102 cm³/mol. The van der Waals surface area contributed by atoms with Crippen LogP contribution in [-0.2, 0) is 22.9 Å². The molecular formula is C20H22N2O4S. The van der Waals surface area contributed by atoms with Crippen LogP contribution in [0.2, 0.25) is 0 Å². The van der Waals surface area contributed by atoms with Crippen molar-refractivity contribution in [3.05, 3.63) is 65.9 Å². The minimum atomic E-state index is -2.98. The highest BCUT2D eigenvalue weighted by molar-refractivity contribution is 7.91. The van der Waals surface area contributed by atoms with Crippen LogP contribution < -0.4 is 0 Å². The van der Waals surface area contributed by atoms with E-state index in [0.29, 0.717) is 25.4 Å². The number of furan rings is 1. The van der Waals surface area contributed by atoms with E-state index in [2.05, 4.69) is 9.88 Å². The zero-order valence-electron chi connectivity index (χ0n) is 15.2. The second-order valence-corrected chi connectivity index (χ2v) is 9.16. The topological polar surface area (TPSA) is 76.6 Å². The molecule has 0 saturated carbocycles. The fraction of sp³-hybridized carbons (Fsp3) is 0.350. The van der Waals surface area contributed by atoms with Crippen LogP contribution in [0.5, 0.6) is 0 Å². The standard InChI is InChI=1S/C20H22N2O4S/c1-15-19(21-20(26-15)16-6-3-2-4-7-16)13-22(12-18-8-5-10-25-18)17-9-11-27(23,24)14-17/h2-8,10,17H,9,11-14H2,1H3/t17-/m0/s1. The number of hydrogen-bond acceptors (Lipinski definition) is 6. The lowest BCUT2D eigenvalue weighted by atomic mass is 10.2. The van der Waals surface area contributed by atoms with Gasteiger partial charge in [0, 0.05) is 18.2 Å². The van der Waals surface area contributed by atoms with Crippen LogP contribution in [0.15, 0.2) is 57.6 Å². The van der Waals surface area contributed by atoms with E-state index in [1.807, 2.05) is 49.4 Å². The lowest BCUT2D eigenvalue weighted by molar-refractivity contribution is 0.177. The summed E-state index contributed by atoms with van der Waals surface area (Å²) >= 11 is 0. The van der Waals surface area contributed by atoms with E-state index in [-0.39, 0.29) is 17.5 Å². The lowest BCUT2D eigenvalue weighted by Crippen LogP contribution is -2.35. The van der Waals surface area contributed by atoms with Gasteiger partial charge in [0.25, 0.3) is 0 Å². The van der Waals surface area contributed by atoms with Crippen LogP contribution in [0.4, 0.5) is 0 Å². The number of nitrogens with zero attached hydrogens (tertiary/aromatic N) is 2. The Hall–Kier alpha value is -2.38. The molecule has 0 aliphatic carbocycles. The summed E-state index contributed by atoms with van der Waals surface area (Å²) < 4.78 is 35.3. The Morgan fingerprint density at radius 2 is 1.96 bits per heavy atom. The normalized spacial score (nSPS) is 19.0. The molecule has 2 aromatic heterocycles. The fourth-order valence-electron chi connectivity index (χ4n) is 3.45. The van der Waals surface area contributed by atoms with Gasteiger partial charge < -0.3 is 8.83 Å². The molecule has 1 aromatic carbocycles. The molecule has 4 rings (SSSR count). The molecule has 0 radical (unpaired) electrons. The highest BCUT2D eigenvalue weighted by Gasteiger charge is 2.33. The molecule has 0 spiro atoms. The molecule has 142 valence electrons. The van der Waals surface area contributed by atoms with Crippen molar-refractivity contribution in [1.82, 2.24) is 9.88 Å². The summed E-state index contributed by atoms with van der Waals surface area (Å²) in [6, 6.07) is 13.5. The zero-order chi connectivity index (χ0) is 18.9. The van der Waals surface area contributed by atoms with Gasteiger partial charge in [-0.2, -0.15) is 0 Å². The number of aryl methyl sites for hydroxylation is 1. The minimum Gasteiger partial charge on any atom is -0.468 e. The van der Waals surface area contributed by atoms with Gasteiger partial charge >= 0.3 is 0 Å². The molecule has 27 heavy (non-hydrogen) atoms. The van der Waals surface area contributed by atoms with E-state index in [1.54, 1.807) is 6.26 Å². The van der Waals surface area contributed by atoms with E-state index in [9.17, 15) is 8.42 Å². The molecule has 0 unspecified atom stereocenters. The number of oxazole rings is 1.